The Balaban J connectivity index is 1.66. The summed E-state index contributed by atoms with van der Waals surface area (Å²) in [6.07, 6.45) is 2.30. The van der Waals surface area contributed by atoms with E-state index in [0.29, 0.717) is 31.0 Å². The number of halogens is 1. The number of carbonyl (C=O) groups excluding carboxylic acids is 1. The smallest absolute Gasteiger partial charge is 0.234 e. The Morgan fingerprint density at radius 2 is 1.89 bits per heavy atom. The average molecular weight is 382 g/mol. The number of ether oxygens (including phenoxy) is 1. The number of benzene rings is 2. The zero-order valence-corrected chi connectivity index (χ0v) is 15.7. The number of carbonyl (C=O) groups is 1. The number of hydrogen-bond donors (Lipinski definition) is 1. The minimum absolute atomic E-state index is 0.345. The number of furan rings is 1. The van der Waals surface area contributed by atoms with Crippen LogP contribution in [-0.4, -0.2) is 23.4 Å². The molecule has 0 aliphatic carbocycles. The normalized spacial score (nSPS) is 12.1. The van der Waals surface area contributed by atoms with Crippen molar-refractivity contribution >= 4 is 5.91 Å². The molecule has 0 aliphatic rings. The van der Waals surface area contributed by atoms with Crippen LogP contribution in [0.4, 0.5) is 4.39 Å². The highest BCUT2D eigenvalue weighted by molar-refractivity contribution is 5.79. The van der Waals surface area contributed by atoms with Gasteiger partial charge < -0.3 is 14.9 Å². The molecule has 28 heavy (non-hydrogen) atoms. The fourth-order valence-electron chi connectivity index (χ4n) is 2.90. The molecule has 0 radical (unpaired) electrons. The van der Waals surface area contributed by atoms with E-state index < -0.39 is 6.04 Å². The van der Waals surface area contributed by atoms with Gasteiger partial charge in [0.05, 0.1) is 18.8 Å². The molecule has 0 spiro atoms. The van der Waals surface area contributed by atoms with Gasteiger partial charge in [0, 0.05) is 12.6 Å². The molecule has 1 aromatic heterocycles. The molecule has 0 bridgehead atoms. The summed E-state index contributed by atoms with van der Waals surface area (Å²) >= 11 is 0. The van der Waals surface area contributed by atoms with Gasteiger partial charge in [-0.25, -0.2) is 4.39 Å². The van der Waals surface area contributed by atoms with Crippen molar-refractivity contribution in [3.63, 3.8) is 0 Å². The number of hydrogen-bond acceptors (Lipinski definition) is 4. The van der Waals surface area contributed by atoms with Gasteiger partial charge in [0.2, 0.25) is 5.91 Å². The van der Waals surface area contributed by atoms with Crippen molar-refractivity contribution in [2.45, 2.75) is 25.9 Å². The molecule has 1 atom stereocenters. The Morgan fingerprint density at radius 3 is 2.57 bits per heavy atom. The number of nitrogens with zero attached hydrogens (tertiary/aromatic N) is 1. The van der Waals surface area contributed by atoms with Crippen molar-refractivity contribution in [1.82, 2.24) is 4.90 Å². The highest BCUT2D eigenvalue weighted by Gasteiger charge is 2.20. The van der Waals surface area contributed by atoms with Crippen molar-refractivity contribution in [3.8, 4) is 11.5 Å². The summed E-state index contributed by atoms with van der Waals surface area (Å²) in [5.41, 5.74) is 6.53. The van der Waals surface area contributed by atoms with Crippen LogP contribution in [-0.2, 0) is 17.8 Å². The van der Waals surface area contributed by atoms with E-state index in [1.807, 2.05) is 41.3 Å². The maximum Gasteiger partial charge on any atom is 0.234 e. The number of rotatable bonds is 9. The Bertz CT molecular complexity index is 912. The Morgan fingerprint density at radius 1 is 1.14 bits per heavy atom. The van der Waals surface area contributed by atoms with Crippen molar-refractivity contribution in [3.05, 3.63) is 84.1 Å². The summed E-state index contributed by atoms with van der Waals surface area (Å²) in [6, 6.07) is 16.9. The minimum Gasteiger partial charge on any atom is -0.468 e. The molecule has 3 aromatic rings. The summed E-state index contributed by atoms with van der Waals surface area (Å²) in [5.74, 6) is 1.12. The van der Waals surface area contributed by atoms with Crippen LogP contribution in [0.1, 0.15) is 18.2 Å². The van der Waals surface area contributed by atoms with Gasteiger partial charge >= 0.3 is 0 Å². The molecule has 0 saturated carbocycles. The van der Waals surface area contributed by atoms with Crippen LogP contribution in [0.2, 0.25) is 0 Å². The van der Waals surface area contributed by atoms with Crippen LogP contribution in [0.3, 0.4) is 0 Å². The van der Waals surface area contributed by atoms with E-state index in [4.69, 9.17) is 14.9 Å². The van der Waals surface area contributed by atoms with E-state index in [1.165, 1.54) is 12.1 Å². The number of primary amides is 1. The average Bonchev–Trinajstić information content (AvgIpc) is 3.18. The first-order valence-electron chi connectivity index (χ1n) is 9.09. The summed E-state index contributed by atoms with van der Waals surface area (Å²) in [7, 11) is 0. The van der Waals surface area contributed by atoms with Gasteiger partial charge in [-0.1, -0.05) is 18.2 Å². The van der Waals surface area contributed by atoms with Gasteiger partial charge in [0.25, 0.3) is 0 Å². The van der Waals surface area contributed by atoms with Crippen LogP contribution in [0, 0.1) is 5.82 Å². The second-order valence-electron chi connectivity index (χ2n) is 6.59. The van der Waals surface area contributed by atoms with Gasteiger partial charge in [0.15, 0.2) is 0 Å². The molecule has 6 heteroatoms. The number of amides is 1. The van der Waals surface area contributed by atoms with Crippen molar-refractivity contribution in [2.24, 2.45) is 5.73 Å². The van der Waals surface area contributed by atoms with Crippen LogP contribution >= 0.6 is 0 Å². The quantitative estimate of drug-likeness (QED) is 0.604. The van der Waals surface area contributed by atoms with E-state index in [1.54, 1.807) is 25.3 Å². The molecule has 146 valence electrons. The van der Waals surface area contributed by atoms with Crippen LogP contribution < -0.4 is 10.5 Å². The second kappa shape index (κ2) is 9.19. The summed E-state index contributed by atoms with van der Waals surface area (Å²) < 4.78 is 24.5. The van der Waals surface area contributed by atoms with Crippen molar-refractivity contribution in [2.75, 3.05) is 6.54 Å². The predicted molar refractivity (Wildman–Crippen MR) is 104 cm³/mol. The molecule has 2 N–H and O–H groups in total. The third-order valence-electron chi connectivity index (χ3n) is 4.52. The van der Waals surface area contributed by atoms with Gasteiger partial charge in [0.1, 0.15) is 23.1 Å². The first kappa shape index (κ1) is 19.6. The van der Waals surface area contributed by atoms with E-state index in [0.717, 1.165) is 11.3 Å². The summed E-state index contributed by atoms with van der Waals surface area (Å²) in [5, 5.41) is 0. The van der Waals surface area contributed by atoms with E-state index >= 15 is 0 Å². The first-order chi connectivity index (χ1) is 13.5. The maximum atomic E-state index is 13.3. The van der Waals surface area contributed by atoms with Crippen molar-refractivity contribution < 1.29 is 18.3 Å². The lowest BCUT2D eigenvalue weighted by Crippen LogP contribution is -2.43. The van der Waals surface area contributed by atoms with Crippen molar-refractivity contribution in [1.29, 1.82) is 0 Å². The lowest BCUT2D eigenvalue weighted by Gasteiger charge is -2.26. The van der Waals surface area contributed by atoms with Crippen LogP contribution in [0.25, 0.3) is 0 Å². The molecule has 1 heterocycles. The molecule has 1 unspecified atom stereocenters. The molecule has 2 aromatic carbocycles. The molecule has 1 amide bonds. The Hall–Kier alpha value is -3.12. The van der Waals surface area contributed by atoms with Gasteiger partial charge in [-0.15, -0.1) is 0 Å². The molecule has 0 fully saturated rings. The third kappa shape index (κ3) is 5.44. The third-order valence-corrected chi connectivity index (χ3v) is 4.52. The van der Waals surface area contributed by atoms with E-state index in [2.05, 4.69) is 0 Å². The second-order valence-corrected chi connectivity index (χ2v) is 6.59. The summed E-state index contributed by atoms with van der Waals surface area (Å²) in [4.78, 5) is 13.6. The largest absolute Gasteiger partial charge is 0.468 e. The topological polar surface area (TPSA) is 68.7 Å². The Kier molecular flexibility index (Phi) is 6.45. The SMILES string of the molecule is CC(C(N)=O)N(CCc1cccc(Oc2cccc(F)c2)c1)Cc1ccco1. The fraction of sp³-hybridized carbons (Fsp3) is 0.227. The molecular weight excluding hydrogens is 359 g/mol. The van der Waals surface area contributed by atoms with Gasteiger partial charge in [-0.3, -0.25) is 9.69 Å². The predicted octanol–water partition coefficient (Wildman–Crippen LogP) is 4.13. The first-order valence-corrected chi connectivity index (χ1v) is 9.09. The summed E-state index contributed by atoms with van der Waals surface area (Å²) in [6.45, 7) is 2.90. The molecule has 5 nitrogen and oxygen atoms in total. The standard InChI is InChI=1S/C22H23FN2O3/c1-16(22(24)26)25(15-21-9-4-12-27-21)11-10-17-5-2-7-19(13-17)28-20-8-3-6-18(23)14-20/h2-9,12-14,16H,10-11,15H2,1H3,(H2,24,26). The highest BCUT2D eigenvalue weighted by Crippen LogP contribution is 2.23. The monoisotopic (exact) mass is 382 g/mol. The van der Waals surface area contributed by atoms with E-state index in [9.17, 15) is 9.18 Å². The lowest BCUT2D eigenvalue weighted by atomic mass is 10.1. The fourth-order valence-corrected chi connectivity index (χ4v) is 2.90. The van der Waals surface area contributed by atoms with Crippen LogP contribution in [0.5, 0.6) is 11.5 Å². The zero-order chi connectivity index (χ0) is 19.9. The maximum absolute atomic E-state index is 13.3. The van der Waals surface area contributed by atoms with Gasteiger partial charge in [-0.05, 0) is 55.3 Å². The molecule has 0 aliphatic heterocycles. The zero-order valence-electron chi connectivity index (χ0n) is 15.7. The lowest BCUT2D eigenvalue weighted by molar-refractivity contribution is -0.122. The minimum atomic E-state index is -0.420. The Labute approximate surface area is 163 Å². The van der Waals surface area contributed by atoms with Crippen LogP contribution in [0.15, 0.2) is 71.3 Å². The molecule has 0 saturated heterocycles. The van der Waals surface area contributed by atoms with Gasteiger partial charge in [-0.2, -0.15) is 0 Å². The number of nitrogens with two attached hydrogens (primary N) is 1. The molecule has 3 rings (SSSR count). The van der Waals surface area contributed by atoms with E-state index in [-0.39, 0.29) is 11.7 Å². The molecular formula is C22H23FN2O3. The highest BCUT2D eigenvalue weighted by atomic mass is 19.1.